The third kappa shape index (κ3) is 5.17. The van der Waals surface area contributed by atoms with Crippen LogP contribution in [0.3, 0.4) is 0 Å². The van der Waals surface area contributed by atoms with Crippen molar-refractivity contribution >= 4 is 11.9 Å². The molecule has 1 aromatic rings. The van der Waals surface area contributed by atoms with Crippen LogP contribution in [0.1, 0.15) is 25.5 Å². The summed E-state index contributed by atoms with van der Waals surface area (Å²) in [6, 6.07) is 3.38. The van der Waals surface area contributed by atoms with E-state index in [0.717, 1.165) is 26.0 Å². The van der Waals surface area contributed by atoms with Crippen molar-refractivity contribution < 1.29 is 28.4 Å². The molecule has 7 nitrogen and oxygen atoms in total. The van der Waals surface area contributed by atoms with Gasteiger partial charge in [-0.15, -0.1) is 0 Å². The Kier molecular flexibility index (Phi) is 5.77. The summed E-state index contributed by atoms with van der Waals surface area (Å²) >= 11 is 0. The number of ether oxygens (including phenoxy) is 2. The van der Waals surface area contributed by atoms with Gasteiger partial charge in [-0.1, -0.05) is 12.1 Å². The van der Waals surface area contributed by atoms with Crippen LogP contribution in [0.25, 0.3) is 0 Å². The molecule has 0 aliphatic rings. The second kappa shape index (κ2) is 7.32. The Morgan fingerprint density at radius 2 is 2.00 bits per heavy atom. The van der Waals surface area contributed by atoms with Crippen LogP contribution in [0.15, 0.2) is 24.3 Å². The van der Waals surface area contributed by atoms with Gasteiger partial charge < -0.3 is 9.47 Å². The molecule has 0 fully saturated rings. The van der Waals surface area contributed by atoms with Crippen molar-refractivity contribution in [2.24, 2.45) is 0 Å². The number of carbonyl (C=O) groups is 2. The van der Waals surface area contributed by atoms with Crippen LogP contribution in [0, 0.1) is 15.9 Å². The Labute approximate surface area is 119 Å². The van der Waals surface area contributed by atoms with Crippen molar-refractivity contribution in [3.05, 3.63) is 45.8 Å². The van der Waals surface area contributed by atoms with E-state index in [1.54, 1.807) is 0 Å². The number of benzene rings is 1. The SMILES string of the molecule is CC(=O)OCC(C(OC(C)=O)c1cccc(F)c1)[N+](=O)[O-]. The first-order valence-electron chi connectivity index (χ1n) is 6.00. The van der Waals surface area contributed by atoms with E-state index >= 15 is 0 Å². The summed E-state index contributed by atoms with van der Waals surface area (Å²) in [7, 11) is 0. The maximum absolute atomic E-state index is 13.2. The van der Waals surface area contributed by atoms with Crippen molar-refractivity contribution in [1.82, 2.24) is 0 Å². The molecule has 0 spiro atoms. The Morgan fingerprint density at radius 1 is 1.33 bits per heavy atom. The maximum Gasteiger partial charge on any atom is 0.303 e. The summed E-state index contributed by atoms with van der Waals surface area (Å²) in [5.74, 6) is -2.10. The molecule has 1 rings (SSSR count). The van der Waals surface area contributed by atoms with Gasteiger partial charge in [0.15, 0.2) is 12.7 Å². The van der Waals surface area contributed by atoms with Gasteiger partial charge in [0.1, 0.15) is 5.82 Å². The van der Waals surface area contributed by atoms with E-state index < -0.39 is 41.4 Å². The lowest BCUT2D eigenvalue weighted by Gasteiger charge is -2.20. The average Bonchev–Trinajstić information content (AvgIpc) is 2.36. The van der Waals surface area contributed by atoms with Crippen LogP contribution >= 0.6 is 0 Å². The number of carbonyl (C=O) groups excluding carboxylic acids is 2. The van der Waals surface area contributed by atoms with Crippen molar-refractivity contribution in [3.63, 3.8) is 0 Å². The van der Waals surface area contributed by atoms with E-state index in [1.165, 1.54) is 12.1 Å². The summed E-state index contributed by atoms with van der Waals surface area (Å²) in [5, 5.41) is 11.1. The van der Waals surface area contributed by atoms with Crippen LogP contribution in [-0.2, 0) is 19.1 Å². The van der Waals surface area contributed by atoms with E-state index in [0.29, 0.717) is 0 Å². The Balaban J connectivity index is 3.10. The van der Waals surface area contributed by atoms with E-state index in [2.05, 4.69) is 4.74 Å². The highest BCUT2D eigenvalue weighted by atomic mass is 19.1. The molecule has 0 heterocycles. The van der Waals surface area contributed by atoms with E-state index in [1.807, 2.05) is 0 Å². The fraction of sp³-hybridized carbons (Fsp3) is 0.385. The van der Waals surface area contributed by atoms with Gasteiger partial charge in [0.2, 0.25) is 0 Å². The Morgan fingerprint density at radius 3 is 2.48 bits per heavy atom. The second-order valence-corrected chi connectivity index (χ2v) is 4.24. The second-order valence-electron chi connectivity index (χ2n) is 4.24. The van der Waals surface area contributed by atoms with Crippen molar-refractivity contribution in [2.75, 3.05) is 6.61 Å². The topological polar surface area (TPSA) is 95.7 Å². The number of esters is 2. The molecule has 0 aromatic heterocycles. The normalized spacial score (nSPS) is 13.1. The molecule has 8 heteroatoms. The molecule has 2 atom stereocenters. The van der Waals surface area contributed by atoms with Gasteiger partial charge >= 0.3 is 11.9 Å². The van der Waals surface area contributed by atoms with Crippen LogP contribution in [-0.4, -0.2) is 29.5 Å². The fourth-order valence-corrected chi connectivity index (χ4v) is 1.69. The first kappa shape index (κ1) is 16.5. The van der Waals surface area contributed by atoms with Crippen LogP contribution in [0.4, 0.5) is 4.39 Å². The molecule has 0 saturated carbocycles. The number of rotatable bonds is 6. The molecule has 0 radical (unpaired) electrons. The van der Waals surface area contributed by atoms with Gasteiger partial charge in [-0.2, -0.15) is 0 Å². The molecule has 2 unspecified atom stereocenters. The Hall–Kier alpha value is -2.51. The zero-order valence-corrected chi connectivity index (χ0v) is 11.4. The summed E-state index contributed by atoms with van der Waals surface area (Å²) < 4.78 is 22.8. The lowest BCUT2D eigenvalue weighted by Crippen LogP contribution is -2.35. The van der Waals surface area contributed by atoms with Crippen molar-refractivity contribution in [3.8, 4) is 0 Å². The molecular weight excluding hydrogens is 285 g/mol. The van der Waals surface area contributed by atoms with Gasteiger partial charge in [-0.05, 0) is 12.1 Å². The lowest BCUT2D eigenvalue weighted by molar-refractivity contribution is -0.538. The minimum Gasteiger partial charge on any atom is -0.458 e. The molecule has 0 aliphatic heterocycles. The van der Waals surface area contributed by atoms with Crippen molar-refractivity contribution in [2.45, 2.75) is 26.0 Å². The first-order valence-corrected chi connectivity index (χ1v) is 6.00. The molecule has 0 saturated heterocycles. The number of nitro groups is 1. The van der Waals surface area contributed by atoms with E-state index in [-0.39, 0.29) is 5.56 Å². The van der Waals surface area contributed by atoms with Gasteiger partial charge in [-0.3, -0.25) is 19.7 Å². The van der Waals surface area contributed by atoms with Crippen molar-refractivity contribution in [1.29, 1.82) is 0 Å². The minimum atomic E-state index is -1.53. The third-order valence-electron chi connectivity index (χ3n) is 2.55. The molecule has 0 N–H and O–H groups in total. The zero-order chi connectivity index (χ0) is 16.0. The smallest absolute Gasteiger partial charge is 0.303 e. The molecule has 0 aliphatic carbocycles. The van der Waals surface area contributed by atoms with E-state index in [9.17, 15) is 24.1 Å². The maximum atomic E-state index is 13.2. The van der Waals surface area contributed by atoms with Gasteiger partial charge in [0.05, 0.1) is 0 Å². The molecule has 0 bridgehead atoms. The standard InChI is InChI=1S/C13H14FNO6/c1-8(16)20-7-12(15(18)19)13(21-9(2)17)10-4-3-5-11(14)6-10/h3-6,12-13H,7H2,1-2H3. The highest BCUT2D eigenvalue weighted by Crippen LogP contribution is 2.24. The number of halogens is 1. The fourth-order valence-electron chi connectivity index (χ4n) is 1.69. The number of hydrogen-bond acceptors (Lipinski definition) is 6. The molecule has 114 valence electrons. The highest BCUT2D eigenvalue weighted by molar-refractivity contribution is 5.66. The quantitative estimate of drug-likeness (QED) is 0.450. The van der Waals surface area contributed by atoms with Gasteiger partial charge in [0, 0.05) is 24.3 Å². The predicted molar refractivity (Wildman–Crippen MR) is 68.3 cm³/mol. The van der Waals surface area contributed by atoms with Crippen LogP contribution in [0.5, 0.6) is 0 Å². The number of nitrogens with zero attached hydrogens (tertiary/aromatic N) is 1. The minimum absolute atomic E-state index is 0.110. The summed E-state index contributed by atoms with van der Waals surface area (Å²) in [4.78, 5) is 32.3. The predicted octanol–water partition coefficient (Wildman–Crippen LogP) is 1.64. The summed E-state index contributed by atoms with van der Waals surface area (Å²) in [6.45, 7) is 1.59. The first-order chi connectivity index (χ1) is 9.81. The Bertz CT molecular complexity index is 547. The molecule has 21 heavy (non-hydrogen) atoms. The van der Waals surface area contributed by atoms with Gasteiger partial charge in [-0.25, -0.2) is 4.39 Å². The molecular formula is C13H14FNO6. The highest BCUT2D eigenvalue weighted by Gasteiger charge is 2.37. The summed E-state index contributed by atoms with van der Waals surface area (Å²) in [6.07, 6.45) is -1.35. The van der Waals surface area contributed by atoms with E-state index in [4.69, 9.17) is 4.74 Å². The largest absolute Gasteiger partial charge is 0.458 e. The summed E-state index contributed by atoms with van der Waals surface area (Å²) in [5.41, 5.74) is 0.110. The zero-order valence-electron chi connectivity index (χ0n) is 11.4. The van der Waals surface area contributed by atoms with Crippen LogP contribution < -0.4 is 0 Å². The third-order valence-corrected chi connectivity index (χ3v) is 2.55. The van der Waals surface area contributed by atoms with Crippen LogP contribution in [0.2, 0.25) is 0 Å². The monoisotopic (exact) mass is 299 g/mol. The van der Waals surface area contributed by atoms with Gasteiger partial charge in [0.25, 0.3) is 6.04 Å². The molecule has 1 aromatic carbocycles. The average molecular weight is 299 g/mol. The molecule has 0 amide bonds. The number of hydrogen-bond donors (Lipinski definition) is 0. The lowest BCUT2D eigenvalue weighted by atomic mass is 10.0.